The number of cyclic esters (lactones) is 1. The Kier molecular flexibility index (Phi) is 4.65. The molecule has 0 unspecified atom stereocenters. The molecule has 2 N–H and O–H groups in total. The Morgan fingerprint density at radius 2 is 1.91 bits per heavy atom. The zero-order valence-electron chi connectivity index (χ0n) is 19.1. The number of nitrogens with zero attached hydrogens (tertiary/aromatic N) is 3. The molecule has 1 aromatic heterocycles. The number of hydrogen-bond acceptors (Lipinski definition) is 9. The minimum atomic E-state index is -1.62. The predicted octanol–water partition coefficient (Wildman–Crippen LogP) is 1.37. The van der Waals surface area contributed by atoms with E-state index in [1.165, 1.54) is 4.90 Å². The molecule has 5 heterocycles. The monoisotopic (exact) mass is 503 g/mol. The average Bonchev–Trinajstić information content (AvgIpc) is 3.33. The normalized spacial score (nSPS) is 29.7. The van der Waals surface area contributed by atoms with E-state index in [0.717, 1.165) is 0 Å². The molecule has 0 aliphatic carbocycles. The van der Waals surface area contributed by atoms with Crippen LogP contribution in [0.2, 0.25) is 0 Å². The number of thiocarbonyl (C=S) groups is 1. The van der Waals surface area contributed by atoms with E-state index >= 15 is 4.39 Å². The number of anilines is 2. The third kappa shape index (κ3) is 2.88. The molecule has 0 saturated carbocycles. The molecule has 3 saturated heterocycles. The molecule has 6 rings (SSSR count). The Morgan fingerprint density at radius 3 is 2.57 bits per heavy atom. The Balaban J connectivity index is 1.58. The second-order valence-electron chi connectivity index (χ2n) is 9.51. The quantitative estimate of drug-likeness (QED) is 0.438. The zero-order chi connectivity index (χ0) is 24.8. The van der Waals surface area contributed by atoms with Gasteiger partial charge in [-0.05, 0) is 44.6 Å². The molecular formula is C22H22FN5O6S. The number of amides is 3. The van der Waals surface area contributed by atoms with E-state index in [1.807, 2.05) is 6.92 Å². The molecule has 1 spiro atoms. The Labute approximate surface area is 203 Å². The highest BCUT2D eigenvalue weighted by atomic mass is 32.1. The first-order valence-corrected chi connectivity index (χ1v) is 11.7. The summed E-state index contributed by atoms with van der Waals surface area (Å²) in [4.78, 5) is 42.1. The molecule has 11 nitrogen and oxygen atoms in total. The highest BCUT2D eigenvalue weighted by Crippen LogP contribution is 2.50. The number of halogens is 1. The molecule has 3 amide bonds. The number of nitrogens with one attached hydrogen (secondary N) is 2. The second-order valence-corrected chi connectivity index (χ2v) is 9.92. The number of benzene rings is 1. The van der Waals surface area contributed by atoms with Crippen LogP contribution in [0.25, 0.3) is 11.0 Å². The zero-order valence-corrected chi connectivity index (χ0v) is 19.9. The molecular weight excluding hydrogens is 481 g/mol. The van der Waals surface area contributed by atoms with Gasteiger partial charge in [0.25, 0.3) is 0 Å². The lowest BCUT2D eigenvalue weighted by Gasteiger charge is -2.55. The maximum Gasteiger partial charge on any atom is 0.416 e. The number of aromatic nitrogens is 1. The van der Waals surface area contributed by atoms with E-state index < -0.39 is 41.3 Å². The van der Waals surface area contributed by atoms with E-state index in [-0.39, 0.29) is 59.3 Å². The topological polar surface area (TPSA) is 126 Å². The number of fused-ring (bicyclic) bond motifs is 5. The Morgan fingerprint density at radius 1 is 1.20 bits per heavy atom. The number of carbonyl (C=O) groups is 3. The molecule has 35 heavy (non-hydrogen) atoms. The van der Waals surface area contributed by atoms with Crippen LogP contribution in [0, 0.1) is 11.2 Å². The Hall–Kier alpha value is -3.32. The van der Waals surface area contributed by atoms with E-state index in [4.69, 9.17) is 26.2 Å². The van der Waals surface area contributed by atoms with E-state index in [0.29, 0.717) is 5.56 Å². The number of morpholine rings is 1. The maximum atomic E-state index is 16.1. The highest BCUT2D eigenvalue weighted by Gasteiger charge is 2.63. The van der Waals surface area contributed by atoms with Gasteiger partial charge in [0.2, 0.25) is 17.4 Å². The lowest BCUT2D eigenvalue weighted by atomic mass is 9.66. The molecule has 3 fully saturated rings. The van der Waals surface area contributed by atoms with Crippen molar-refractivity contribution in [3.63, 3.8) is 0 Å². The summed E-state index contributed by atoms with van der Waals surface area (Å²) in [6.07, 6.45) is -1.59. The van der Waals surface area contributed by atoms with Gasteiger partial charge in [0.1, 0.15) is 6.61 Å². The minimum Gasteiger partial charge on any atom is -0.447 e. The molecule has 4 aliphatic rings. The van der Waals surface area contributed by atoms with Crippen LogP contribution in [0.3, 0.4) is 0 Å². The molecule has 2 aromatic rings. The van der Waals surface area contributed by atoms with E-state index in [2.05, 4.69) is 15.8 Å². The van der Waals surface area contributed by atoms with Crippen LogP contribution in [0.5, 0.6) is 0 Å². The highest BCUT2D eigenvalue weighted by molar-refractivity contribution is 7.80. The van der Waals surface area contributed by atoms with Crippen molar-refractivity contribution in [1.29, 1.82) is 0 Å². The lowest BCUT2D eigenvalue weighted by Crippen LogP contribution is -2.75. The molecule has 1 aromatic carbocycles. The first-order chi connectivity index (χ1) is 16.6. The van der Waals surface area contributed by atoms with Gasteiger partial charge in [0, 0.05) is 13.0 Å². The van der Waals surface area contributed by atoms with Gasteiger partial charge in [-0.3, -0.25) is 14.5 Å². The number of carbonyl (C=O) groups excluding carboxylic acids is 3. The summed E-state index contributed by atoms with van der Waals surface area (Å²) in [7, 11) is 0. The third-order valence-electron chi connectivity index (χ3n) is 7.26. The molecule has 4 aliphatic heterocycles. The summed E-state index contributed by atoms with van der Waals surface area (Å²) in [5.41, 5.74) is -1.10. The predicted molar refractivity (Wildman–Crippen MR) is 123 cm³/mol. The molecule has 13 heteroatoms. The average molecular weight is 504 g/mol. The van der Waals surface area contributed by atoms with Gasteiger partial charge in [0.15, 0.2) is 22.2 Å². The second kappa shape index (κ2) is 7.34. The summed E-state index contributed by atoms with van der Waals surface area (Å²) in [6.45, 7) is 5.78. The van der Waals surface area contributed by atoms with Crippen LogP contribution in [0.4, 0.5) is 20.7 Å². The van der Waals surface area contributed by atoms with Crippen molar-refractivity contribution in [2.24, 2.45) is 5.41 Å². The van der Waals surface area contributed by atoms with Crippen molar-refractivity contribution in [2.75, 3.05) is 23.0 Å². The number of rotatable bonds is 1. The van der Waals surface area contributed by atoms with Gasteiger partial charge in [-0.15, -0.1) is 0 Å². The van der Waals surface area contributed by atoms with Gasteiger partial charge < -0.3 is 29.5 Å². The van der Waals surface area contributed by atoms with Crippen LogP contribution in [0.1, 0.15) is 26.3 Å². The SMILES string of the molecule is C[C@@H]1CN2c3c(cc4c(N5C(=O)OC[C@@H]5C)noc4c3F)CC3(C(=O)NC(=S)NC3=O)[C@H]2[C@H](C)O1. The van der Waals surface area contributed by atoms with Crippen molar-refractivity contribution < 1.29 is 32.8 Å². The first kappa shape index (κ1) is 22.2. The van der Waals surface area contributed by atoms with Crippen molar-refractivity contribution in [2.45, 2.75) is 51.5 Å². The standard InChI is InChI=1S/C22H22FN5O6S/c1-8-7-32-21(31)28(8)17-12-4-11-5-22(18(29)24-20(35)25-19(22)30)16-10(3)33-9(2)6-27(16)14(11)13(23)15(12)34-26-17/h4,8-10,16H,5-7H2,1-3H3,(H2,24,25,29,30,35)/t8-,9+,10-,16+/m0/s1. The van der Waals surface area contributed by atoms with Crippen molar-refractivity contribution in [3.8, 4) is 0 Å². The summed E-state index contributed by atoms with van der Waals surface area (Å²) in [6, 6.07) is 0.508. The van der Waals surface area contributed by atoms with E-state index in [1.54, 1.807) is 24.8 Å². The van der Waals surface area contributed by atoms with Gasteiger partial charge in [-0.2, -0.15) is 0 Å². The maximum absolute atomic E-state index is 16.1. The summed E-state index contributed by atoms with van der Waals surface area (Å²) >= 11 is 5.02. The first-order valence-electron chi connectivity index (χ1n) is 11.3. The summed E-state index contributed by atoms with van der Waals surface area (Å²) in [5.74, 6) is -1.69. The fourth-order valence-electron chi connectivity index (χ4n) is 5.92. The van der Waals surface area contributed by atoms with Crippen molar-refractivity contribution in [1.82, 2.24) is 15.8 Å². The molecule has 184 valence electrons. The van der Waals surface area contributed by atoms with Gasteiger partial charge in [-0.1, -0.05) is 5.16 Å². The van der Waals surface area contributed by atoms with Crippen LogP contribution in [-0.4, -0.2) is 65.6 Å². The van der Waals surface area contributed by atoms with Crippen LogP contribution < -0.4 is 20.4 Å². The molecule has 0 bridgehead atoms. The third-order valence-corrected chi connectivity index (χ3v) is 7.46. The minimum absolute atomic E-state index is 0.0785. The smallest absolute Gasteiger partial charge is 0.416 e. The molecule has 4 atom stereocenters. The van der Waals surface area contributed by atoms with Gasteiger partial charge >= 0.3 is 6.09 Å². The molecule has 0 radical (unpaired) electrons. The van der Waals surface area contributed by atoms with Crippen LogP contribution in [0.15, 0.2) is 10.6 Å². The number of ether oxygens (including phenoxy) is 2. The van der Waals surface area contributed by atoms with E-state index in [9.17, 15) is 14.4 Å². The van der Waals surface area contributed by atoms with Crippen molar-refractivity contribution in [3.05, 3.63) is 17.4 Å². The largest absolute Gasteiger partial charge is 0.447 e. The summed E-state index contributed by atoms with van der Waals surface area (Å²) < 4.78 is 32.6. The van der Waals surface area contributed by atoms with Gasteiger partial charge in [-0.25, -0.2) is 9.18 Å². The summed E-state index contributed by atoms with van der Waals surface area (Å²) in [5, 5.41) is 9.28. The van der Waals surface area contributed by atoms with Gasteiger partial charge in [0.05, 0.1) is 35.4 Å². The fraction of sp³-hybridized carbons (Fsp3) is 0.500. The van der Waals surface area contributed by atoms with Crippen LogP contribution in [-0.2, 0) is 25.5 Å². The fourth-order valence-corrected chi connectivity index (χ4v) is 6.11. The Bertz CT molecular complexity index is 1310. The van der Waals surface area contributed by atoms with Crippen molar-refractivity contribution >= 4 is 57.7 Å². The van der Waals surface area contributed by atoms with Crippen LogP contribution >= 0.6 is 12.2 Å². The lowest BCUT2D eigenvalue weighted by molar-refractivity contribution is -0.152. The number of hydrogen-bond donors (Lipinski definition) is 2.